The minimum Gasteiger partial charge on any atom is -0.236 e. The zero-order chi connectivity index (χ0) is 13.3. The maximum Gasteiger partial charge on any atom is 0.420 e. The second kappa shape index (κ2) is 4.80. The van der Waals surface area contributed by atoms with Gasteiger partial charge in [0.1, 0.15) is 0 Å². The Labute approximate surface area is 96.5 Å². The maximum absolute atomic E-state index is 13.4. The standard InChI is InChI=1S/C10H10F6S/c1-7-2-4-8(5-3-7)17(15,16)6-9(11)10(12,13)14/h2-5,9H,6H2,1H3/t9-/m1/s1. The Morgan fingerprint density at radius 2 is 1.59 bits per heavy atom. The van der Waals surface area contributed by atoms with Gasteiger partial charge < -0.3 is 0 Å². The fourth-order valence-electron chi connectivity index (χ4n) is 1.11. The molecule has 1 aromatic rings. The van der Waals surface area contributed by atoms with Crippen LogP contribution in [-0.2, 0) is 0 Å². The summed E-state index contributed by atoms with van der Waals surface area (Å²) in [6.07, 6.45) is -8.73. The molecule has 1 aromatic carbocycles. The predicted octanol–water partition coefficient (Wildman–Crippen LogP) is 4.83. The van der Waals surface area contributed by atoms with Crippen molar-refractivity contribution in [3.05, 3.63) is 29.8 Å². The van der Waals surface area contributed by atoms with Crippen LogP contribution in [-0.4, -0.2) is 18.1 Å². The molecule has 0 aliphatic carbocycles. The first-order valence-electron chi connectivity index (χ1n) is 4.60. The quantitative estimate of drug-likeness (QED) is 0.694. The molecule has 0 fully saturated rings. The summed E-state index contributed by atoms with van der Waals surface area (Å²) >= 11 is 0. The summed E-state index contributed by atoms with van der Waals surface area (Å²) in [7, 11) is -4.75. The van der Waals surface area contributed by atoms with Crippen LogP contribution < -0.4 is 0 Å². The van der Waals surface area contributed by atoms with E-state index in [1.165, 1.54) is 12.1 Å². The van der Waals surface area contributed by atoms with E-state index < -0.39 is 33.8 Å². The summed E-state index contributed by atoms with van der Waals surface area (Å²) in [5.74, 6) is -1.81. The van der Waals surface area contributed by atoms with Crippen molar-refractivity contribution in [2.45, 2.75) is 24.2 Å². The van der Waals surface area contributed by atoms with Crippen LogP contribution >= 0.6 is 10.8 Å². The minimum atomic E-state index is -5.23. The van der Waals surface area contributed by atoms with Gasteiger partial charge in [0.2, 0.25) is 6.17 Å². The normalized spacial score (nSPS) is 15.7. The lowest BCUT2D eigenvalue weighted by Gasteiger charge is -2.24. The van der Waals surface area contributed by atoms with Crippen LogP contribution in [0.1, 0.15) is 5.56 Å². The number of hydrogen-bond acceptors (Lipinski definition) is 0. The minimum absolute atomic E-state index is 0.532. The fourth-order valence-corrected chi connectivity index (χ4v) is 2.40. The molecule has 0 radical (unpaired) electrons. The zero-order valence-electron chi connectivity index (χ0n) is 8.77. The van der Waals surface area contributed by atoms with Gasteiger partial charge in [-0.2, -0.15) is 20.9 Å². The summed E-state index contributed by atoms with van der Waals surface area (Å²) in [5.41, 5.74) is 0.705. The van der Waals surface area contributed by atoms with Gasteiger partial charge in [-0.3, -0.25) is 0 Å². The van der Waals surface area contributed by atoms with Crippen molar-refractivity contribution in [3.63, 3.8) is 0 Å². The molecule has 0 amide bonds. The first-order valence-corrected chi connectivity index (χ1v) is 6.21. The van der Waals surface area contributed by atoms with Gasteiger partial charge in [0, 0.05) is 4.90 Å². The lowest BCUT2D eigenvalue weighted by Crippen LogP contribution is -2.28. The molecule has 0 saturated carbocycles. The van der Waals surface area contributed by atoms with E-state index in [0.29, 0.717) is 5.56 Å². The lowest BCUT2D eigenvalue weighted by atomic mass is 10.2. The Balaban J connectivity index is 2.85. The van der Waals surface area contributed by atoms with Crippen molar-refractivity contribution >= 4 is 10.8 Å². The van der Waals surface area contributed by atoms with Crippen LogP contribution in [0.2, 0.25) is 0 Å². The van der Waals surface area contributed by atoms with Crippen molar-refractivity contribution in [2.75, 3.05) is 5.75 Å². The number of alkyl halides is 4. The first kappa shape index (κ1) is 14.2. The molecule has 0 aliphatic heterocycles. The molecule has 0 saturated heterocycles. The van der Waals surface area contributed by atoms with Crippen LogP contribution in [0.3, 0.4) is 0 Å². The van der Waals surface area contributed by atoms with E-state index in [2.05, 4.69) is 0 Å². The smallest absolute Gasteiger partial charge is 0.236 e. The van der Waals surface area contributed by atoms with E-state index in [1.807, 2.05) is 0 Å². The van der Waals surface area contributed by atoms with Gasteiger partial charge in [0.25, 0.3) is 0 Å². The summed E-state index contributed by atoms with van der Waals surface area (Å²) in [6.45, 7) is 1.66. The molecule has 0 aromatic heterocycles. The lowest BCUT2D eigenvalue weighted by molar-refractivity contribution is -0.173. The van der Waals surface area contributed by atoms with E-state index in [1.54, 1.807) is 6.92 Å². The van der Waals surface area contributed by atoms with Gasteiger partial charge in [0.15, 0.2) is 0 Å². The topological polar surface area (TPSA) is 0 Å². The molecule has 0 spiro atoms. The van der Waals surface area contributed by atoms with Gasteiger partial charge in [-0.05, 0) is 19.1 Å². The fraction of sp³-hybridized carbons (Fsp3) is 0.400. The van der Waals surface area contributed by atoms with Crippen LogP contribution in [0.5, 0.6) is 0 Å². The summed E-state index contributed by atoms with van der Waals surface area (Å²) in [6, 6.07) is 4.79. The molecule has 1 rings (SSSR count). The average Bonchev–Trinajstić information content (AvgIpc) is 2.16. The van der Waals surface area contributed by atoms with Crippen molar-refractivity contribution in [3.8, 4) is 0 Å². The van der Waals surface area contributed by atoms with E-state index >= 15 is 0 Å². The molecular weight excluding hydrogens is 266 g/mol. The number of hydrogen-bond donors (Lipinski definition) is 0. The molecule has 0 unspecified atom stereocenters. The highest BCUT2D eigenvalue weighted by Crippen LogP contribution is 2.60. The van der Waals surface area contributed by atoms with Crippen molar-refractivity contribution in [1.29, 1.82) is 0 Å². The van der Waals surface area contributed by atoms with Gasteiger partial charge in [-0.1, -0.05) is 17.7 Å². The van der Waals surface area contributed by atoms with E-state index in [4.69, 9.17) is 0 Å². The van der Waals surface area contributed by atoms with E-state index in [-0.39, 0.29) is 0 Å². The Morgan fingerprint density at radius 3 is 2.00 bits per heavy atom. The molecule has 7 heteroatoms. The number of halogens is 6. The summed E-state index contributed by atoms with van der Waals surface area (Å²) < 4.78 is 75.0. The third kappa shape index (κ3) is 3.83. The van der Waals surface area contributed by atoms with Crippen molar-refractivity contribution in [2.24, 2.45) is 0 Å². The molecule has 1 atom stereocenters. The second-order valence-corrected chi connectivity index (χ2v) is 5.52. The SMILES string of the molecule is Cc1ccc(S(F)(F)C[C@@H](F)C(F)(F)F)cc1. The molecule has 0 bridgehead atoms. The third-order valence-electron chi connectivity index (χ3n) is 2.08. The van der Waals surface area contributed by atoms with Gasteiger partial charge in [0.05, 0.1) is 16.6 Å². The van der Waals surface area contributed by atoms with Gasteiger partial charge in [-0.25, -0.2) is 4.39 Å². The Kier molecular flexibility index (Phi) is 4.01. The molecule has 0 heterocycles. The summed E-state index contributed by atoms with van der Waals surface area (Å²) in [4.78, 5) is -0.532. The largest absolute Gasteiger partial charge is 0.420 e. The number of rotatable bonds is 3. The second-order valence-electron chi connectivity index (χ2n) is 3.56. The predicted molar refractivity (Wildman–Crippen MR) is 55.1 cm³/mol. The van der Waals surface area contributed by atoms with Crippen LogP contribution in [0.15, 0.2) is 29.2 Å². The molecule has 0 nitrogen and oxygen atoms in total. The number of aryl methyl sites for hydroxylation is 1. The van der Waals surface area contributed by atoms with Gasteiger partial charge in [-0.15, -0.1) is 0 Å². The highest BCUT2D eigenvalue weighted by atomic mass is 32.3. The van der Waals surface area contributed by atoms with Gasteiger partial charge >= 0.3 is 6.18 Å². The molecule has 17 heavy (non-hydrogen) atoms. The maximum atomic E-state index is 13.4. The Bertz CT molecular complexity index is 369. The Morgan fingerprint density at radius 1 is 1.12 bits per heavy atom. The summed E-state index contributed by atoms with van der Waals surface area (Å²) in [5, 5.41) is 0. The van der Waals surface area contributed by atoms with Crippen LogP contribution in [0, 0.1) is 6.92 Å². The van der Waals surface area contributed by atoms with Crippen LogP contribution in [0.4, 0.5) is 25.3 Å². The van der Waals surface area contributed by atoms with E-state index in [0.717, 1.165) is 12.1 Å². The molecule has 0 N–H and O–H groups in total. The zero-order valence-corrected chi connectivity index (χ0v) is 9.59. The molecule has 0 aliphatic rings. The number of benzene rings is 1. The third-order valence-corrected chi connectivity index (χ3v) is 3.75. The molecule has 98 valence electrons. The highest BCUT2D eigenvalue weighted by Gasteiger charge is 2.45. The molecular formula is C10H10F6S. The Hall–Kier alpha value is -0.850. The van der Waals surface area contributed by atoms with E-state index in [9.17, 15) is 25.3 Å². The first-order chi connectivity index (χ1) is 7.63. The average molecular weight is 276 g/mol. The van der Waals surface area contributed by atoms with Crippen molar-refractivity contribution in [1.82, 2.24) is 0 Å². The van der Waals surface area contributed by atoms with Crippen molar-refractivity contribution < 1.29 is 25.3 Å². The highest BCUT2D eigenvalue weighted by molar-refractivity contribution is 8.25. The monoisotopic (exact) mass is 276 g/mol. The van der Waals surface area contributed by atoms with Crippen LogP contribution in [0.25, 0.3) is 0 Å².